The second-order valence-corrected chi connectivity index (χ2v) is 12.6. The zero-order valence-electron chi connectivity index (χ0n) is 25.9. The molecule has 0 spiro atoms. The minimum absolute atomic E-state index is 0.139. The largest absolute Gasteiger partial charge is 0.459 e. The number of ketones is 1. The van der Waals surface area contributed by atoms with Crippen molar-refractivity contribution in [3.8, 4) is 0 Å². The lowest BCUT2D eigenvalue weighted by Gasteiger charge is -2.47. The van der Waals surface area contributed by atoms with E-state index in [0.717, 1.165) is 0 Å². The Labute approximate surface area is 239 Å². The van der Waals surface area contributed by atoms with Crippen molar-refractivity contribution in [3.63, 3.8) is 0 Å². The van der Waals surface area contributed by atoms with Crippen LogP contribution < -0.4 is 0 Å². The van der Waals surface area contributed by atoms with E-state index in [0.29, 0.717) is 6.42 Å². The van der Waals surface area contributed by atoms with Crippen molar-refractivity contribution in [2.45, 2.75) is 134 Å². The number of esters is 1. The van der Waals surface area contributed by atoms with Crippen LogP contribution in [0.15, 0.2) is 0 Å². The summed E-state index contributed by atoms with van der Waals surface area (Å²) in [6, 6.07) is -0.238. The van der Waals surface area contributed by atoms with Crippen molar-refractivity contribution in [2.24, 2.45) is 17.8 Å². The van der Waals surface area contributed by atoms with Crippen LogP contribution in [-0.2, 0) is 28.5 Å². The van der Waals surface area contributed by atoms with Gasteiger partial charge in [-0.05, 0) is 54.1 Å². The SMILES string of the molecule is CC[C@H]1OC(=O)C[C@@H](O)[C@H](C)[C@@H](O[C@@H]2O[C@H](C)C[C@H](N(C)C)[C@H]2O)[C@@](C)(OC)C[C@@H](C)C(=O)[C@H](C)[C@@H](O)[C@]1(C)O. The molecule has 2 heterocycles. The number of hydrogen-bond donors (Lipinski definition) is 4. The lowest BCUT2D eigenvalue weighted by molar-refractivity contribution is -0.300. The van der Waals surface area contributed by atoms with E-state index < -0.39 is 78.2 Å². The number of Topliss-reactive ketones (excluding diaryl/α,β-unsaturated/α-hetero) is 1. The van der Waals surface area contributed by atoms with Crippen LogP contribution in [0.2, 0.25) is 0 Å². The van der Waals surface area contributed by atoms with Gasteiger partial charge in [0.05, 0.1) is 36.4 Å². The number of hydrogen-bond acceptors (Lipinski definition) is 11. The first-order valence-corrected chi connectivity index (χ1v) is 14.4. The molecule has 11 nitrogen and oxygen atoms in total. The molecule has 40 heavy (non-hydrogen) atoms. The van der Waals surface area contributed by atoms with Gasteiger partial charge in [0.1, 0.15) is 23.6 Å². The van der Waals surface area contributed by atoms with Crippen LogP contribution in [0.5, 0.6) is 0 Å². The molecule has 0 unspecified atom stereocenters. The summed E-state index contributed by atoms with van der Waals surface area (Å²) in [5.74, 6) is -3.42. The molecule has 2 saturated heterocycles. The Balaban J connectivity index is 2.54. The molecule has 0 radical (unpaired) electrons. The third-order valence-electron chi connectivity index (χ3n) is 9.10. The van der Waals surface area contributed by atoms with Gasteiger partial charge in [-0.25, -0.2) is 0 Å². The number of carbonyl (C=O) groups excluding carboxylic acids is 2. The van der Waals surface area contributed by atoms with Crippen molar-refractivity contribution in [2.75, 3.05) is 21.2 Å². The molecule has 0 amide bonds. The normalized spacial score (nSPS) is 46.6. The van der Waals surface area contributed by atoms with Crippen molar-refractivity contribution in [1.29, 1.82) is 0 Å². The predicted molar refractivity (Wildman–Crippen MR) is 147 cm³/mol. The lowest BCUT2D eigenvalue weighted by atomic mass is 9.74. The smallest absolute Gasteiger partial charge is 0.308 e. The first-order valence-electron chi connectivity index (χ1n) is 14.4. The number of likely N-dealkylation sites (N-methyl/N-ethyl adjacent to an activating group) is 1. The minimum atomic E-state index is -1.90. The summed E-state index contributed by atoms with van der Waals surface area (Å²) in [6.45, 7) is 11.7. The molecule has 4 N–H and O–H groups in total. The van der Waals surface area contributed by atoms with Gasteiger partial charge in [0.2, 0.25) is 0 Å². The summed E-state index contributed by atoms with van der Waals surface area (Å²) in [7, 11) is 5.21. The van der Waals surface area contributed by atoms with E-state index in [-0.39, 0.29) is 30.8 Å². The van der Waals surface area contributed by atoms with Crippen molar-refractivity contribution in [3.05, 3.63) is 0 Å². The first kappa shape index (κ1) is 35.0. The van der Waals surface area contributed by atoms with Gasteiger partial charge in [-0.1, -0.05) is 27.7 Å². The molecule has 0 aromatic rings. The van der Waals surface area contributed by atoms with E-state index in [2.05, 4.69) is 0 Å². The average molecular weight is 576 g/mol. The lowest BCUT2D eigenvalue weighted by Crippen LogP contribution is -2.59. The average Bonchev–Trinajstić information content (AvgIpc) is 2.88. The Morgan fingerprint density at radius 2 is 1.68 bits per heavy atom. The second-order valence-electron chi connectivity index (χ2n) is 12.6. The number of carbonyl (C=O) groups is 2. The van der Waals surface area contributed by atoms with Gasteiger partial charge < -0.3 is 44.3 Å². The molecule has 2 aliphatic rings. The Bertz CT molecular complexity index is 853. The van der Waals surface area contributed by atoms with E-state index in [4.69, 9.17) is 18.9 Å². The minimum Gasteiger partial charge on any atom is -0.459 e. The van der Waals surface area contributed by atoms with Gasteiger partial charge in [-0.2, -0.15) is 0 Å². The van der Waals surface area contributed by atoms with E-state index in [1.54, 1.807) is 27.7 Å². The van der Waals surface area contributed by atoms with E-state index >= 15 is 0 Å². The molecule has 0 aromatic heterocycles. The van der Waals surface area contributed by atoms with Crippen LogP contribution in [-0.4, -0.2) is 118 Å². The standard InChI is InChI=1S/C29H53NO10/c1-11-21-29(7,36)25(35)18(5)23(33)15(2)14-28(6,37-10)26(17(4)20(31)13-22(32)39-21)40-27-24(34)19(30(8)9)12-16(3)38-27/h15-21,24-27,31,34-36H,11-14H2,1-10H3/t15-,16-,17+,18+,19+,20-,21-,24-,25-,26-,27+,28+,29-/m1/s1. The predicted octanol–water partition coefficient (Wildman–Crippen LogP) is 1.27. The molecular weight excluding hydrogens is 522 g/mol. The van der Waals surface area contributed by atoms with Gasteiger partial charge in [0.15, 0.2) is 6.29 Å². The highest BCUT2D eigenvalue weighted by atomic mass is 16.7. The second kappa shape index (κ2) is 13.9. The first-order chi connectivity index (χ1) is 18.4. The van der Waals surface area contributed by atoms with Crippen molar-refractivity contribution >= 4 is 11.8 Å². The monoisotopic (exact) mass is 575 g/mol. The highest BCUT2D eigenvalue weighted by Crippen LogP contribution is 2.38. The maximum Gasteiger partial charge on any atom is 0.308 e. The molecule has 0 bridgehead atoms. The number of aliphatic hydroxyl groups excluding tert-OH is 3. The van der Waals surface area contributed by atoms with Gasteiger partial charge in [-0.3, -0.25) is 9.59 Å². The summed E-state index contributed by atoms with van der Waals surface area (Å²) in [6.07, 6.45) is -6.54. The Morgan fingerprint density at radius 1 is 1.07 bits per heavy atom. The Kier molecular flexibility index (Phi) is 12.1. The van der Waals surface area contributed by atoms with Crippen LogP contribution in [0, 0.1) is 17.8 Å². The summed E-state index contributed by atoms with van der Waals surface area (Å²) < 4.78 is 24.0. The van der Waals surface area contributed by atoms with E-state index in [9.17, 15) is 30.0 Å². The van der Waals surface area contributed by atoms with Crippen LogP contribution in [0.3, 0.4) is 0 Å². The maximum atomic E-state index is 13.5. The maximum absolute atomic E-state index is 13.5. The molecular formula is C29H53NO10. The van der Waals surface area contributed by atoms with Crippen molar-refractivity contribution in [1.82, 2.24) is 4.90 Å². The summed E-state index contributed by atoms with van der Waals surface area (Å²) in [4.78, 5) is 28.4. The molecule has 2 fully saturated rings. The number of methoxy groups -OCH3 is 1. The molecule has 11 heteroatoms. The van der Waals surface area contributed by atoms with Crippen LogP contribution >= 0.6 is 0 Å². The quantitative estimate of drug-likeness (QED) is 0.350. The van der Waals surface area contributed by atoms with Gasteiger partial charge >= 0.3 is 5.97 Å². The highest BCUT2D eigenvalue weighted by Gasteiger charge is 2.50. The topological polar surface area (TPSA) is 155 Å². The summed E-state index contributed by atoms with van der Waals surface area (Å²) in [5.41, 5.74) is -3.08. The Hall–Kier alpha value is -1.18. The molecule has 0 aliphatic carbocycles. The van der Waals surface area contributed by atoms with E-state index in [1.807, 2.05) is 25.9 Å². The molecule has 2 aliphatic heterocycles. The summed E-state index contributed by atoms with van der Waals surface area (Å²) in [5, 5.41) is 44.6. The van der Waals surface area contributed by atoms with Gasteiger partial charge in [-0.15, -0.1) is 0 Å². The number of ether oxygens (including phenoxy) is 4. The van der Waals surface area contributed by atoms with Gasteiger partial charge in [0, 0.05) is 30.9 Å². The fraction of sp³-hybridized carbons (Fsp3) is 0.931. The summed E-state index contributed by atoms with van der Waals surface area (Å²) >= 11 is 0. The molecule has 13 atom stereocenters. The number of rotatable bonds is 5. The number of cyclic esters (lactones) is 1. The molecule has 234 valence electrons. The molecule has 2 rings (SSSR count). The van der Waals surface area contributed by atoms with Gasteiger partial charge in [0.25, 0.3) is 0 Å². The van der Waals surface area contributed by atoms with Crippen LogP contribution in [0.4, 0.5) is 0 Å². The number of aliphatic hydroxyl groups is 4. The fourth-order valence-corrected chi connectivity index (χ4v) is 6.33. The van der Waals surface area contributed by atoms with Crippen molar-refractivity contribution < 1.29 is 49.0 Å². The molecule has 0 saturated carbocycles. The third kappa shape index (κ3) is 7.60. The van der Waals surface area contributed by atoms with E-state index in [1.165, 1.54) is 21.0 Å². The van der Waals surface area contributed by atoms with Crippen LogP contribution in [0.25, 0.3) is 0 Å². The number of nitrogens with zero attached hydrogens (tertiary/aromatic N) is 1. The van der Waals surface area contributed by atoms with Crippen LogP contribution in [0.1, 0.15) is 74.1 Å². The zero-order chi connectivity index (χ0) is 30.7. The Morgan fingerprint density at radius 3 is 2.20 bits per heavy atom. The fourth-order valence-electron chi connectivity index (χ4n) is 6.33. The molecule has 0 aromatic carbocycles. The highest BCUT2D eigenvalue weighted by molar-refractivity contribution is 5.83. The zero-order valence-corrected chi connectivity index (χ0v) is 25.9. The third-order valence-corrected chi connectivity index (χ3v) is 9.10.